The highest BCUT2D eigenvalue weighted by molar-refractivity contribution is 7.11. The zero-order chi connectivity index (χ0) is 16.5. The summed E-state index contributed by atoms with van der Waals surface area (Å²) in [5, 5.41) is 15.0. The second-order valence-electron chi connectivity index (χ2n) is 6.92. The Hall–Kier alpha value is -1.60. The van der Waals surface area contributed by atoms with Crippen LogP contribution in [0.25, 0.3) is 0 Å². The molecule has 3 heterocycles. The Bertz CT molecular complexity index is 776. The first-order valence-electron chi connectivity index (χ1n) is 8.78. The standard InChI is InChI=1S/C17H23N5OS/c1-12-18-19-16(24-12)11-21-7-5-13(6-8-21)10-22-17(23)9-14-3-2-4-15(14)20-22/h9,13H,2-8,10-11H2,1H3. The first-order chi connectivity index (χ1) is 11.7. The Kier molecular flexibility index (Phi) is 4.45. The van der Waals surface area contributed by atoms with Gasteiger partial charge in [0.2, 0.25) is 0 Å². The number of nitrogens with zero attached hydrogens (tertiary/aromatic N) is 5. The molecule has 0 unspecified atom stereocenters. The Labute approximate surface area is 145 Å². The molecular weight excluding hydrogens is 322 g/mol. The lowest BCUT2D eigenvalue weighted by atomic mass is 9.97. The van der Waals surface area contributed by atoms with E-state index in [2.05, 4.69) is 20.2 Å². The molecule has 24 heavy (non-hydrogen) atoms. The van der Waals surface area contributed by atoms with Crippen LogP contribution in [0.3, 0.4) is 0 Å². The lowest BCUT2D eigenvalue weighted by molar-refractivity contribution is 0.163. The van der Waals surface area contributed by atoms with Gasteiger partial charge in [-0.2, -0.15) is 5.10 Å². The number of rotatable bonds is 4. The molecule has 2 aromatic rings. The fourth-order valence-corrected chi connectivity index (χ4v) is 4.49. The number of aromatic nitrogens is 4. The van der Waals surface area contributed by atoms with Crippen molar-refractivity contribution in [1.82, 2.24) is 24.9 Å². The highest BCUT2D eigenvalue weighted by Crippen LogP contribution is 2.22. The number of piperidine rings is 1. The molecule has 0 N–H and O–H groups in total. The maximum Gasteiger partial charge on any atom is 0.267 e. The summed E-state index contributed by atoms with van der Waals surface area (Å²) < 4.78 is 1.71. The van der Waals surface area contributed by atoms with E-state index in [-0.39, 0.29) is 5.56 Å². The maximum atomic E-state index is 12.2. The van der Waals surface area contributed by atoms with Crippen LogP contribution in [-0.4, -0.2) is 38.0 Å². The van der Waals surface area contributed by atoms with E-state index in [9.17, 15) is 4.79 Å². The molecule has 2 aliphatic rings. The molecule has 0 aromatic carbocycles. The lowest BCUT2D eigenvalue weighted by Gasteiger charge is -2.31. The van der Waals surface area contributed by atoms with Crippen molar-refractivity contribution >= 4 is 11.3 Å². The van der Waals surface area contributed by atoms with Crippen LogP contribution in [-0.2, 0) is 25.9 Å². The minimum Gasteiger partial charge on any atom is -0.297 e. The molecule has 0 saturated carbocycles. The van der Waals surface area contributed by atoms with E-state index in [1.165, 1.54) is 5.56 Å². The summed E-state index contributed by atoms with van der Waals surface area (Å²) in [5.41, 5.74) is 2.37. The molecule has 0 atom stereocenters. The molecule has 7 heteroatoms. The second-order valence-corrected chi connectivity index (χ2v) is 8.19. The molecule has 1 saturated heterocycles. The molecule has 1 aliphatic heterocycles. The van der Waals surface area contributed by atoms with Crippen molar-refractivity contribution in [3.05, 3.63) is 37.7 Å². The van der Waals surface area contributed by atoms with E-state index in [1.807, 2.05) is 13.0 Å². The molecule has 1 fully saturated rings. The quantitative estimate of drug-likeness (QED) is 0.845. The van der Waals surface area contributed by atoms with Gasteiger partial charge in [0.15, 0.2) is 0 Å². The second kappa shape index (κ2) is 6.72. The van der Waals surface area contributed by atoms with Crippen molar-refractivity contribution < 1.29 is 0 Å². The maximum absolute atomic E-state index is 12.2. The number of likely N-dealkylation sites (tertiary alicyclic amines) is 1. The van der Waals surface area contributed by atoms with E-state index < -0.39 is 0 Å². The summed E-state index contributed by atoms with van der Waals surface area (Å²) in [5.74, 6) is 0.544. The minimum absolute atomic E-state index is 0.0717. The minimum atomic E-state index is 0.0717. The van der Waals surface area contributed by atoms with Crippen LogP contribution in [0.4, 0.5) is 0 Å². The predicted octanol–water partition coefficient (Wildman–Crippen LogP) is 1.80. The van der Waals surface area contributed by atoms with Crippen LogP contribution in [0.1, 0.15) is 40.5 Å². The van der Waals surface area contributed by atoms with Crippen LogP contribution in [0.15, 0.2) is 10.9 Å². The van der Waals surface area contributed by atoms with E-state index in [0.717, 1.165) is 74.0 Å². The average Bonchev–Trinajstić information content (AvgIpc) is 3.18. The summed E-state index contributed by atoms with van der Waals surface area (Å²) in [6, 6.07) is 1.81. The number of aryl methyl sites for hydroxylation is 3. The number of fused-ring (bicyclic) bond motifs is 1. The van der Waals surface area contributed by atoms with Gasteiger partial charge < -0.3 is 0 Å². The molecule has 0 radical (unpaired) electrons. The zero-order valence-electron chi connectivity index (χ0n) is 14.1. The summed E-state index contributed by atoms with van der Waals surface area (Å²) in [6.45, 7) is 5.77. The van der Waals surface area contributed by atoms with Gasteiger partial charge in [0.1, 0.15) is 10.0 Å². The molecule has 6 nitrogen and oxygen atoms in total. The molecule has 0 amide bonds. The van der Waals surface area contributed by atoms with Crippen LogP contribution >= 0.6 is 11.3 Å². The third-order valence-corrected chi connectivity index (χ3v) is 5.91. The summed E-state index contributed by atoms with van der Waals surface area (Å²) >= 11 is 1.68. The van der Waals surface area contributed by atoms with Gasteiger partial charge in [-0.05, 0) is 63.6 Å². The van der Waals surface area contributed by atoms with Gasteiger partial charge in [0, 0.05) is 12.6 Å². The van der Waals surface area contributed by atoms with Gasteiger partial charge >= 0.3 is 0 Å². The van der Waals surface area contributed by atoms with Gasteiger partial charge in [-0.25, -0.2) is 4.68 Å². The van der Waals surface area contributed by atoms with Gasteiger partial charge in [-0.3, -0.25) is 9.69 Å². The summed E-state index contributed by atoms with van der Waals surface area (Å²) in [7, 11) is 0. The van der Waals surface area contributed by atoms with E-state index in [0.29, 0.717) is 5.92 Å². The zero-order valence-corrected chi connectivity index (χ0v) is 14.9. The molecule has 1 aliphatic carbocycles. The fourth-order valence-electron chi connectivity index (χ4n) is 3.73. The molecule has 2 aromatic heterocycles. The van der Waals surface area contributed by atoms with Crippen LogP contribution in [0.5, 0.6) is 0 Å². The van der Waals surface area contributed by atoms with Crippen LogP contribution in [0.2, 0.25) is 0 Å². The first kappa shape index (κ1) is 15.9. The Morgan fingerprint density at radius 2 is 2.08 bits per heavy atom. The van der Waals surface area contributed by atoms with Crippen molar-refractivity contribution in [2.75, 3.05) is 13.1 Å². The monoisotopic (exact) mass is 345 g/mol. The van der Waals surface area contributed by atoms with E-state index >= 15 is 0 Å². The molecule has 0 bridgehead atoms. The molecule has 4 rings (SSSR count). The smallest absolute Gasteiger partial charge is 0.267 e. The first-order valence-corrected chi connectivity index (χ1v) is 9.60. The summed E-state index contributed by atoms with van der Waals surface area (Å²) in [6.07, 6.45) is 5.40. The van der Waals surface area contributed by atoms with E-state index in [4.69, 9.17) is 0 Å². The molecule has 128 valence electrons. The van der Waals surface area contributed by atoms with E-state index in [1.54, 1.807) is 16.0 Å². The Balaban J connectivity index is 1.34. The predicted molar refractivity (Wildman–Crippen MR) is 93.2 cm³/mol. The lowest BCUT2D eigenvalue weighted by Crippen LogP contribution is -2.36. The Morgan fingerprint density at radius 3 is 2.83 bits per heavy atom. The topological polar surface area (TPSA) is 63.9 Å². The van der Waals surface area contributed by atoms with Crippen molar-refractivity contribution in [1.29, 1.82) is 0 Å². The van der Waals surface area contributed by atoms with Gasteiger partial charge in [0.25, 0.3) is 5.56 Å². The highest BCUT2D eigenvalue weighted by atomic mass is 32.1. The van der Waals surface area contributed by atoms with Crippen molar-refractivity contribution in [2.24, 2.45) is 5.92 Å². The van der Waals surface area contributed by atoms with Crippen molar-refractivity contribution in [3.63, 3.8) is 0 Å². The SMILES string of the molecule is Cc1nnc(CN2CCC(Cn3nc4c(cc3=O)CCC4)CC2)s1. The normalized spacial score (nSPS) is 18.9. The summed E-state index contributed by atoms with van der Waals surface area (Å²) in [4.78, 5) is 14.7. The molecule has 0 spiro atoms. The van der Waals surface area contributed by atoms with Crippen LogP contribution in [0, 0.1) is 12.8 Å². The third-order valence-electron chi connectivity index (χ3n) is 5.09. The van der Waals surface area contributed by atoms with Gasteiger partial charge in [-0.15, -0.1) is 21.5 Å². The number of hydrogen-bond acceptors (Lipinski definition) is 6. The number of hydrogen-bond donors (Lipinski definition) is 0. The van der Waals surface area contributed by atoms with Crippen LogP contribution < -0.4 is 5.56 Å². The average molecular weight is 345 g/mol. The van der Waals surface area contributed by atoms with Crippen molar-refractivity contribution in [3.8, 4) is 0 Å². The molecular formula is C17H23N5OS. The third kappa shape index (κ3) is 3.42. The van der Waals surface area contributed by atoms with Gasteiger partial charge in [-0.1, -0.05) is 0 Å². The largest absolute Gasteiger partial charge is 0.297 e. The highest BCUT2D eigenvalue weighted by Gasteiger charge is 2.22. The van der Waals surface area contributed by atoms with Gasteiger partial charge in [0.05, 0.1) is 12.2 Å². The van der Waals surface area contributed by atoms with Crippen molar-refractivity contribution in [2.45, 2.75) is 52.1 Å². The Morgan fingerprint density at radius 1 is 1.25 bits per heavy atom. The fraction of sp³-hybridized carbons (Fsp3) is 0.647.